The fourth-order valence-corrected chi connectivity index (χ4v) is 6.48. The fraction of sp³-hybridized carbons (Fsp3) is 0.956. The van der Waals surface area contributed by atoms with Crippen LogP contribution in [0.15, 0.2) is 0 Å². The summed E-state index contributed by atoms with van der Waals surface area (Å²) in [5.74, 6) is -0.468. The van der Waals surface area contributed by atoms with Gasteiger partial charge >= 0.3 is 11.9 Å². The normalized spacial score (nSPS) is 11.8. The van der Waals surface area contributed by atoms with Crippen LogP contribution in [0.3, 0.4) is 0 Å². The summed E-state index contributed by atoms with van der Waals surface area (Å²) in [6.45, 7) is 6.62. The lowest BCUT2D eigenvalue weighted by Crippen LogP contribution is -2.30. The number of ether oxygens (including phenoxy) is 5. The molecular formula is C45H90O7. The largest absolute Gasteiger partial charge is 0.462 e. The third-order valence-electron chi connectivity index (χ3n) is 9.80. The minimum atomic E-state index is -0.599. The van der Waals surface area contributed by atoms with Crippen LogP contribution < -0.4 is 0 Å². The smallest absolute Gasteiger partial charge is 0.306 e. The van der Waals surface area contributed by atoms with Crippen molar-refractivity contribution in [3.63, 3.8) is 0 Å². The maximum Gasteiger partial charge on any atom is 0.306 e. The Kier molecular flexibility index (Phi) is 46.8. The minimum Gasteiger partial charge on any atom is -0.462 e. The van der Waals surface area contributed by atoms with Crippen molar-refractivity contribution in [1.82, 2.24) is 0 Å². The van der Waals surface area contributed by atoms with E-state index >= 15 is 0 Å². The fourth-order valence-electron chi connectivity index (χ4n) is 6.48. The molecule has 0 rings (SSSR count). The van der Waals surface area contributed by atoms with E-state index in [1.54, 1.807) is 7.11 Å². The number of hydrogen-bond acceptors (Lipinski definition) is 7. The SMILES string of the molecule is C.CCCCCCCCCCCCCCCCCC(=O)OCC(COCCOCCOC)OC(=O)CCCCCCCCCCCCCCCCC. The molecule has 0 amide bonds. The third kappa shape index (κ3) is 43.2. The lowest BCUT2D eigenvalue weighted by Gasteiger charge is -2.18. The van der Waals surface area contributed by atoms with Gasteiger partial charge in [-0.3, -0.25) is 9.59 Å². The quantitative estimate of drug-likeness (QED) is 0.0454. The molecule has 0 aliphatic rings. The first-order valence-corrected chi connectivity index (χ1v) is 22.1. The van der Waals surface area contributed by atoms with Crippen LogP contribution in [-0.4, -0.2) is 64.8 Å². The van der Waals surface area contributed by atoms with Gasteiger partial charge in [-0.1, -0.05) is 201 Å². The molecule has 0 saturated heterocycles. The summed E-state index contributed by atoms with van der Waals surface area (Å²) >= 11 is 0. The number of carbonyl (C=O) groups is 2. The first-order valence-electron chi connectivity index (χ1n) is 22.1. The third-order valence-corrected chi connectivity index (χ3v) is 9.80. The molecule has 0 aromatic carbocycles. The van der Waals surface area contributed by atoms with Crippen LogP contribution in [-0.2, 0) is 33.3 Å². The Balaban J connectivity index is 0. The van der Waals surface area contributed by atoms with Gasteiger partial charge in [0.25, 0.3) is 0 Å². The van der Waals surface area contributed by atoms with Crippen LogP contribution in [0, 0.1) is 0 Å². The summed E-state index contributed by atoms with van der Waals surface area (Å²) in [6, 6.07) is 0. The molecule has 0 bridgehead atoms. The zero-order valence-electron chi connectivity index (χ0n) is 34.3. The molecule has 52 heavy (non-hydrogen) atoms. The van der Waals surface area contributed by atoms with Crippen LogP contribution >= 0.6 is 0 Å². The molecule has 0 aliphatic heterocycles. The van der Waals surface area contributed by atoms with Gasteiger partial charge in [0.15, 0.2) is 6.10 Å². The van der Waals surface area contributed by atoms with Gasteiger partial charge in [0.2, 0.25) is 0 Å². The molecule has 0 N–H and O–H groups in total. The van der Waals surface area contributed by atoms with E-state index in [4.69, 9.17) is 23.7 Å². The van der Waals surface area contributed by atoms with Gasteiger partial charge in [-0.15, -0.1) is 0 Å². The van der Waals surface area contributed by atoms with Crippen molar-refractivity contribution in [2.45, 2.75) is 233 Å². The molecule has 7 heteroatoms. The van der Waals surface area contributed by atoms with Gasteiger partial charge in [-0.05, 0) is 12.8 Å². The lowest BCUT2D eigenvalue weighted by molar-refractivity contribution is -0.163. The number of methoxy groups -OCH3 is 1. The molecular weight excluding hydrogens is 652 g/mol. The monoisotopic (exact) mass is 743 g/mol. The molecule has 0 fully saturated rings. The molecule has 1 atom stereocenters. The molecule has 7 nitrogen and oxygen atoms in total. The van der Waals surface area contributed by atoms with Crippen LogP contribution in [0.5, 0.6) is 0 Å². The van der Waals surface area contributed by atoms with Gasteiger partial charge < -0.3 is 23.7 Å². The van der Waals surface area contributed by atoms with E-state index in [0.717, 1.165) is 32.1 Å². The summed E-state index contributed by atoms with van der Waals surface area (Å²) in [4.78, 5) is 25.0. The van der Waals surface area contributed by atoms with E-state index in [2.05, 4.69) is 13.8 Å². The molecule has 0 aromatic rings. The predicted molar refractivity (Wildman–Crippen MR) is 220 cm³/mol. The number of carbonyl (C=O) groups excluding carboxylic acids is 2. The topological polar surface area (TPSA) is 80.3 Å². The minimum absolute atomic E-state index is 0. The van der Waals surface area contributed by atoms with E-state index in [0.29, 0.717) is 39.3 Å². The first kappa shape index (κ1) is 52.9. The van der Waals surface area contributed by atoms with Crippen LogP contribution in [0.1, 0.15) is 227 Å². The Morgan fingerprint density at radius 3 is 1.12 bits per heavy atom. The molecule has 0 aromatic heterocycles. The zero-order valence-corrected chi connectivity index (χ0v) is 34.3. The zero-order chi connectivity index (χ0) is 37.1. The highest BCUT2D eigenvalue weighted by Gasteiger charge is 2.17. The van der Waals surface area contributed by atoms with E-state index in [-0.39, 0.29) is 32.6 Å². The second kappa shape index (κ2) is 46.0. The van der Waals surface area contributed by atoms with Crippen molar-refractivity contribution in [3.05, 3.63) is 0 Å². The van der Waals surface area contributed by atoms with Gasteiger partial charge in [-0.25, -0.2) is 0 Å². The number of rotatable bonds is 43. The highest BCUT2D eigenvalue weighted by molar-refractivity contribution is 5.70. The predicted octanol–water partition coefficient (Wildman–Crippen LogP) is 13.3. The lowest BCUT2D eigenvalue weighted by atomic mass is 10.0. The summed E-state index contributed by atoms with van der Waals surface area (Å²) < 4.78 is 27.3. The maximum atomic E-state index is 12.6. The van der Waals surface area contributed by atoms with Gasteiger partial charge in [0, 0.05) is 20.0 Å². The Morgan fingerprint density at radius 1 is 0.404 bits per heavy atom. The average molecular weight is 743 g/mol. The van der Waals surface area contributed by atoms with Gasteiger partial charge in [-0.2, -0.15) is 0 Å². The first-order chi connectivity index (χ1) is 25.1. The van der Waals surface area contributed by atoms with Crippen LogP contribution in [0.25, 0.3) is 0 Å². The van der Waals surface area contributed by atoms with Gasteiger partial charge in [0.05, 0.1) is 33.0 Å². The van der Waals surface area contributed by atoms with Crippen molar-refractivity contribution in [3.8, 4) is 0 Å². The summed E-state index contributed by atoms with van der Waals surface area (Å²) in [5, 5.41) is 0. The highest BCUT2D eigenvalue weighted by atomic mass is 16.6. The van der Waals surface area contributed by atoms with E-state index in [9.17, 15) is 9.59 Å². The van der Waals surface area contributed by atoms with Crippen molar-refractivity contribution in [2.24, 2.45) is 0 Å². The van der Waals surface area contributed by atoms with Crippen molar-refractivity contribution >= 4 is 11.9 Å². The van der Waals surface area contributed by atoms with Crippen molar-refractivity contribution in [1.29, 1.82) is 0 Å². The Hall–Kier alpha value is -1.18. The molecule has 0 heterocycles. The van der Waals surface area contributed by atoms with Crippen molar-refractivity contribution in [2.75, 3.05) is 46.8 Å². The van der Waals surface area contributed by atoms with Crippen LogP contribution in [0.2, 0.25) is 0 Å². The Morgan fingerprint density at radius 2 is 0.731 bits per heavy atom. The maximum absolute atomic E-state index is 12.6. The van der Waals surface area contributed by atoms with E-state index in [1.807, 2.05) is 0 Å². The van der Waals surface area contributed by atoms with Gasteiger partial charge in [0.1, 0.15) is 6.61 Å². The van der Waals surface area contributed by atoms with Crippen LogP contribution in [0.4, 0.5) is 0 Å². The number of unbranched alkanes of at least 4 members (excludes halogenated alkanes) is 28. The second-order valence-electron chi connectivity index (χ2n) is 14.9. The standard InChI is InChI=1S/C44H86O7.CH4/c1-4-6-8-10-12-14-16-18-20-22-24-26-28-30-32-34-43(45)50-41-42(40-49-39-38-48-37-36-47-3)51-44(46)35-33-31-29-27-25-23-21-19-17-15-13-11-9-7-5-2;/h42H,4-41H2,1-3H3;1H4. The summed E-state index contributed by atoms with van der Waals surface area (Å²) in [6.07, 6.45) is 39.0. The molecule has 0 radical (unpaired) electrons. The molecule has 0 spiro atoms. The number of hydrogen-bond donors (Lipinski definition) is 0. The molecule has 312 valence electrons. The molecule has 1 unspecified atom stereocenters. The Labute approximate surface area is 324 Å². The second-order valence-corrected chi connectivity index (χ2v) is 14.9. The number of esters is 2. The molecule has 0 aliphatic carbocycles. The molecule has 0 saturated carbocycles. The summed E-state index contributed by atoms with van der Waals surface area (Å²) in [5.41, 5.74) is 0. The summed E-state index contributed by atoms with van der Waals surface area (Å²) in [7, 11) is 1.64. The Bertz CT molecular complexity index is 701. The van der Waals surface area contributed by atoms with Crippen molar-refractivity contribution < 1.29 is 33.3 Å². The average Bonchev–Trinajstić information content (AvgIpc) is 3.13. The van der Waals surface area contributed by atoms with E-state index < -0.39 is 6.10 Å². The highest BCUT2D eigenvalue weighted by Crippen LogP contribution is 2.16. The van der Waals surface area contributed by atoms with E-state index in [1.165, 1.54) is 161 Å².